The van der Waals surface area contributed by atoms with E-state index in [1.165, 1.54) is 5.56 Å². The topological polar surface area (TPSA) is 39.4 Å². The fraction of sp³-hybridized carbons (Fsp3) is 0.455. The molecule has 0 aromatic carbocycles. The second kappa shape index (κ2) is 4.80. The van der Waals surface area contributed by atoms with Crippen molar-refractivity contribution in [3.63, 3.8) is 0 Å². The molecule has 86 valence electrons. The molecule has 0 unspecified atom stereocenters. The maximum absolute atomic E-state index is 6.13. The minimum atomic E-state index is 0.404. The number of aryl methyl sites for hydroxylation is 1. The first kappa shape index (κ1) is 11.4. The molecule has 0 atom stereocenters. The molecule has 0 aliphatic carbocycles. The van der Waals surface area contributed by atoms with Crippen LogP contribution in [0.3, 0.4) is 0 Å². The maximum Gasteiger partial charge on any atom is 0.177 e. The second-order valence-electron chi connectivity index (χ2n) is 3.67. The number of aromatic nitrogens is 3. The number of pyridine rings is 1. The zero-order valence-corrected chi connectivity index (χ0v) is 10.2. The maximum atomic E-state index is 6.13. The quantitative estimate of drug-likeness (QED) is 0.770. The normalized spacial score (nSPS) is 11.2. The van der Waals surface area contributed by atoms with Gasteiger partial charge in [-0.2, -0.15) is 0 Å². The Morgan fingerprint density at radius 2 is 2.25 bits per heavy atom. The zero-order valence-electron chi connectivity index (χ0n) is 9.40. The van der Waals surface area contributed by atoms with Crippen LogP contribution in [0.5, 0.6) is 0 Å². The molecular formula is C11H14ClN3O. The van der Waals surface area contributed by atoms with Gasteiger partial charge >= 0.3 is 0 Å². The summed E-state index contributed by atoms with van der Waals surface area (Å²) in [4.78, 5) is 4.35. The standard InChI is InChI=1S/C11H14ClN3O/c1-3-4-8-5-9(12)15-11(6-8)13-10(14-15)7-16-2/h5-6H,3-4,7H2,1-2H3. The number of hydrogen-bond donors (Lipinski definition) is 0. The van der Waals surface area contributed by atoms with E-state index < -0.39 is 0 Å². The van der Waals surface area contributed by atoms with E-state index in [1.54, 1.807) is 11.6 Å². The van der Waals surface area contributed by atoms with E-state index in [2.05, 4.69) is 17.0 Å². The summed E-state index contributed by atoms with van der Waals surface area (Å²) in [5, 5.41) is 4.85. The predicted octanol–water partition coefficient (Wildman–Crippen LogP) is 2.48. The van der Waals surface area contributed by atoms with Gasteiger partial charge in [-0.25, -0.2) is 9.50 Å². The van der Waals surface area contributed by atoms with Crippen LogP contribution in [-0.2, 0) is 17.8 Å². The van der Waals surface area contributed by atoms with Crippen LogP contribution in [0.1, 0.15) is 24.7 Å². The molecule has 0 radical (unpaired) electrons. The van der Waals surface area contributed by atoms with E-state index in [-0.39, 0.29) is 0 Å². The minimum absolute atomic E-state index is 0.404. The van der Waals surface area contributed by atoms with Gasteiger partial charge in [0.1, 0.15) is 11.8 Å². The Hall–Kier alpha value is -1.13. The van der Waals surface area contributed by atoms with Crippen molar-refractivity contribution in [3.8, 4) is 0 Å². The van der Waals surface area contributed by atoms with Gasteiger partial charge in [0, 0.05) is 7.11 Å². The molecular weight excluding hydrogens is 226 g/mol. The van der Waals surface area contributed by atoms with Gasteiger partial charge in [-0.15, -0.1) is 5.10 Å². The summed E-state index contributed by atoms with van der Waals surface area (Å²) < 4.78 is 6.63. The van der Waals surface area contributed by atoms with Crippen LogP contribution in [-0.4, -0.2) is 21.7 Å². The van der Waals surface area contributed by atoms with Gasteiger partial charge in [0.05, 0.1) is 0 Å². The number of hydrogen-bond acceptors (Lipinski definition) is 3. The van der Waals surface area contributed by atoms with Gasteiger partial charge in [0.15, 0.2) is 11.5 Å². The van der Waals surface area contributed by atoms with Crippen LogP contribution in [0, 0.1) is 0 Å². The van der Waals surface area contributed by atoms with Crippen molar-refractivity contribution in [2.45, 2.75) is 26.4 Å². The summed E-state index contributed by atoms with van der Waals surface area (Å²) in [5.74, 6) is 0.651. The van der Waals surface area contributed by atoms with Crippen molar-refractivity contribution < 1.29 is 4.74 Å². The minimum Gasteiger partial charge on any atom is -0.377 e. The average Bonchev–Trinajstić information content (AvgIpc) is 2.62. The molecule has 2 aromatic heterocycles. The van der Waals surface area contributed by atoms with Crippen LogP contribution in [0.15, 0.2) is 12.1 Å². The fourth-order valence-electron chi connectivity index (χ4n) is 1.66. The highest BCUT2D eigenvalue weighted by molar-refractivity contribution is 6.29. The number of nitrogens with zero attached hydrogens (tertiary/aromatic N) is 3. The molecule has 0 bridgehead atoms. The third-order valence-electron chi connectivity index (χ3n) is 2.31. The summed E-state index contributed by atoms with van der Waals surface area (Å²) in [6.45, 7) is 2.54. The van der Waals surface area contributed by atoms with Crippen LogP contribution in [0.4, 0.5) is 0 Å². The smallest absolute Gasteiger partial charge is 0.177 e. The van der Waals surface area contributed by atoms with Crippen molar-refractivity contribution in [1.82, 2.24) is 14.6 Å². The summed E-state index contributed by atoms with van der Waals surface area (Å²) in [6.07, 6.45) is 2.09. The van der Waals surface area contributed by atoms with E-state index >= 15 is 0 Å². The first-order chi connectivity index (χ1) is 7.74. The van der Waals surface area contributed by atoms with E-state index in [9.17, 15) is 0 Å². The molecule has 0 aliphatic heterocycles. The summed E-state index contributed by atoms with van der Waals surface area (Å²) in [6, 6.07) is 3.95. The molecule has 0 fully saturated rings. The molecule has 2 aromatic rings. The Labute approximate surface area is 99.2 Å². The number of fused-ring (bicyclic) bond motifs is 1. The lowest BCUT2D eigenvalue weighted by molar-refractivity contribution is 0.178. The summed E-state index contributed by atoms with van der Waals surface area (Å²) >= 11 is 6.13. The van der Waals surface area contributed by atoms with Crippen molar-refractivity contribution in [2.75, 3.05) is 7.11 Å². The van der Waals surface area contributed by atoms with Crippen LogP contribution in [0.25, 0.3) is 5.65 Å². The highest BCUT2D eigenvalue weighted by atomic mass is 35.5. The Balaban J connectivity index is 2.45. The third kappa shape index (κ3) is 2.18. The highest BCUT2D eigenvalue weighted by Gasteiger charge is 2.07. The Bertz CT molecular complexity index is 495. The largest absolute Gasteiger partial charge is 0.377 e. The number of methoxy groups -OCH3 is 1. The second-order valence-corrected chi connectivity index (χ2v) is 4.05. The molecule has 4 nitrogen and oxygen atoms in total. The fourth-order valence-corrected chi connectivity index (χ4v) is 1.93. The molecule has 0 saturated heterocycles. The summed E-state index contributed by atoms with van der Waals surface area (Å²) in [5.41, 5.74) is 1.97. The number of rotatable bonds is 4. The van der Waals surface area contributed by atoms with Gasteiger partial charge < -0.3 is 4.74 Å². The lowest BCUT2D eigenvalue weighted by Crippen LogP contribution is -1.94. The van der Waals surface area contributed by atoms with Gasteiger partial charge in [0.2, 0.25) is 0 Å². The van der Waals surface area contributed by atoms with E-state index in [4.69, 9.17) is 16.3 Å². The lowest BCUT2D eigenvalue weighted by atomic mass is 10.1. The van der Waals surface area contributed by atoms with Crippen molar-refractivity contribution >= 4 is 17.2 Å². The lowest BCUT2D eigenvalue weighted by Gasteiger charge is -2.00. The monoisotopic (exact) mass is 239 g/mol. The first-order valence-electron chi connectivity index (χ1n) is 5.27. The van der Waals surface area contributed by atoms with Crippen molar-refractivity contribution in [3.05, 3.63) is 28.7 Å². The van der Waals surface area contributed by atoms with Gasteiger partial charge in [0.25, 0.3) is 0 Å². The molecule has 2 rings (SSSR count). The van der Waals surface area contributed by atoms with Gasteiger partial charge in [-0.05, 0) is 24.1 Å². The Morgan fingerprint density at radius 1 is 1.44 bits per heavy atom. The van der Waals surface area contributed by atoms with E-state index in [0.717, 1.165) is 18.5 Å². The number of halogens is 1. The molecule has 16 heavy (non-hydrogen) atoms. The van der Waals surface area contributed by atoms with Crippen molar-refractivity contribution in [1.29, 1.82) is 0 Å². The van der Waals surface area contributed by atoms with Crippen LogP contribution in [0.2, 0.25) is 5.15 Å². The molecule has 0 amide bonds. The van der Waals surface area contributed by atoms with E-state index in [0.29, 0.717) is 17.6 Å². The average molecular weight is 240 g/mol. The molecule has 0 spiro atoms. The van der Waals surface area contributed by atoms with Crippen molar-refractivity contribution in [2.24, 2.45) is 0 Å². The van der Waals surface area contributed by atoms with Crippen LogP contribution >= 0.6 is 11.6 Å². The number of ether oxygens (including phenoxy) is 1. The highest BCUT2D eigenvalue weighted by Crippen LogP contribution is 2.16. The first-order valence-corrected chi connectivity index (χ1v) is 5.65. The SMILES string of the molecule is CCCc1cc(Cl)n2nc(COC)nc2c1. The zero-order chi connectivity index (χ0) is 11.5. The molecule has 5 heteroatoms. The third-order valence-corrected chi connectivity index (χ3v) is 2.58. The molecule has 0 saturated carbocycles. The Morgan fingerprint density at radius 3 is 2.94 bits per heavy atom. The van der Waals surface area contributed by atoms with E-state index in [1.807, 2.05) is 12.1 Å². The summed E-state index contributed by atoms with van der Waals surface area (Å²) in [7, 11) is 1.62. The molecule has 0 aliphatic rings. The van der Waals surface area contributed by atoms with Crippen LogP contribution < -0.4 is 0 Å². The van der Waals surface area contributed by atoms with Gasteiger partial charge in [-0.1, -0.05) is 24.9 Å². The molecule has 0 N–H and O–H groups in total. The predicted molar refractivity (Wildman–Crippen MR) is 62.7 cm³/mol. The molecule has 2 heterocycles. The Kier molecular flexibility index (Phi) is 3.41. The van der Waals surface area contributed by atoms with Gasteiger partial charge in [-0.3, -0.25) is 0 Å².